The van der Waals surface area contributed by atoms with Crippen LogP contribution in [0.15, 0.2) is 35.1 Å². The highest BCUT2D eigenvalue weighted by Crippen LogP contribution is 2.40. The van der Waals surface area contributed by atoms with Gasteiger partial charge in [-0.05, 0) is 25.5 Å². The van der Waals surface area contributed by atoms with E-state index in [1.807, 2.05) is 25.1 Å². The lowest BCUT2D eigenvalue weighted by Gasteiger charge is -2.50. The van der Waals surface area contributed by atoms with Crippen molar-refractivity contribution in [2.24, 2.45) is 5.92 Å². The third kappa shape index (κ3) is 2.96. The summed E-state index contributed by atoms with van der Waals surface area (Å²) in [6, 6.07) is 5.82. The molecule has 4 heterocycles. The molecule has 1 spiro atoms. The van der Waals surface area contributed by atoms with E-state index in [9.17, 15) is 0 Å². The molecule has 2 aliphatic heterocycles. The van der Waals surface area contributed by atoms with Crippen molar-refractivity contribution in [2.75, 3.05) is 26.3 Å². The van der Waals surface area contributed by atoms with Crippen LogP contribution in [0.1, 0.15) is 17.9 Å². The Morgan fingerprint density at radius 2 is 2.35 bits per heavy atom. The van der Waals surface area contributed by atoms with Crippen molar-refractivity contribution in [3.63, 3.8) is 0 Å². The smallest absolute Gasteiger partial charge is 0.137 e. The van der Waals surface area contributed by atoms with Gasteiger partial charge in [0.05, 0.1) is 24.1 Å². The zero-order valence-corrected chi connectivity index (χ0v) is 13.3. The Hall–Kier alpha value is -1.92. The van der Waals surface area contributed by atoms with E-state index in [1.54, 1.807) is 12.4 Å². The second kappa shape index (κ2) is 5.94. The van der Waals surface area contributed by atoms with Crippen LogP contribution in [0.4, 0.5) is 0 Å². The van der Waals surface area contributed by atoms with Gasteiger partial charge in [0.25, 0.3) is 0 Å². The average molecular weight is 315 g/mol. The quantitative estimate of drug-likeness (QED) is 0.841. The van der Waals surface area contributed by atoms with E-state index in [0.29, 0.717) is 12.5 Å². The highest BCUT2D eigenvalue weighted by Gasteiger charge is 2.53. The molecule has 1 atom stereocenters. The Morgan fingerprint density at radius 3 is 3.09 bits per heavy atom. The molecule has 0 radical (unpaired) electrons. The third-order valence-corrected chi connectivity index (χ3v) is 4.73. The van der Waals surface area contributed by atoms with Gasteiger partial charge in [-0.3, -0.25) is 9.88 Å². The SMILES string of the molecule is Cc1cc(CN2CC3(C2)OCC[C@@H]3COc2cccnc2)no1. The summed E-state index contributed by atoms with van der Waals surface area (Å²) in [5.74, 6) is 2.11. The first-order chi connectivity index (χ1) is 11.2. The Morgan fingerprint density at radius 1 is 1.43 bits per heavy atom. The lowest BCUT2D eigenvalue weighted by atomic mass is 9.81. The van der Waals surface area contributed by atoms with E-state index in [2.05, 4.69) is 15.0 Å². The second-order valence-electron chi connectivity index (χ2n) is 6.47. The normalized spacial score (nSPS) is 23.1. The molecule has 0 aliphatic carbocycles. The number of hydrogen-bond donors (Lipinski definition) is 0. The molecule has 6 nitrogen and oxygen atoms in total. The summed E-state index contributed by atoms with van der Waals surface area (Å²) in [4.78, 5) is 6.43. The molecular weight excluding hydrogens is 294 g/mol. The van der Waals surface area contributed by atoms with Gasteiger partial charge in [0.15, 0.2) is 0 Å². The standard InChI is InChI=1S/C17H21N3O3/c1-13-7-15(19-23-13)9-20-11-17(12-20)14(4-6-22-17)10-21-16-3-2-5-18-8-16/h2-3,5,7-8,14H,4,6,9-12H2,1H3/t14-/m1/s1. The van der Waals surface area contributed by atoms with E-state index in [-0.39, 0.29) is 5.60 Å². The first-order valence-electron chi connectivity index (χ1n) is 8.05. The number of likely N-dealkylation sites (tertiary alicyclic amines) is 1. The zero-order valence-electron chi connectivity index (χ0n) is 13.3. The molecule has 0 bridgehead atoms. The average Bonchev–Trinajstić information content (AvgIpc) is 3.12. The number of aromatic nitrogens is 2. The van der Waals surface area contributed by atoms with Crippen LogP contribution in [0, 0.1) is 12.8 Å². The molecule has 0 N–H and O–H groups in total. The zero-order chi connectivity index (χ0) is 15.7. The summed E-state index contributed by atoms with van der Waals surface area (Å²) in [5.41, 5.74) is 0.930. The molecule has 0 aromatic carbocycles. The fourth-order valence-corrected chi connectivity index (χ4v) is 3.54. The van der Waals surface area contributed by atoms with Crippen LogP contribution in [-0.2, 0) is 11.3 Å². The summed E-state index contributed by atoms with van der Waals surface area (Å²) in [6.45, 7) is 6.10. The molecule has 23 heavy (non-hydrogen) atoms. The first kappa shape index (κ1) is 14.7. The van der Waals surface area contributed by atoms with Crippen LogP contribution in [-0.4, -0.2) is 46.9 Å². The van der Waals surface area contributed by atoms with Gasteiger partial charge < -0.3 is 14.0 Å². The second-order valence-corrected chi connectivity index (χ2v) is 6.47. The van der Waals surface area contributed by atoms with Gasteiger partial charge in [-0.2, -0.15) is 0 Å². The predicted octanol–water partition coefficient (Wildman–Crippen LogP) is 2.05. The highest BCUT2D eigenvalue weighted by molar-refractivity contribution is 5.16. The van der Waals surface area contributed by atoms with Crippen molar-refractivity contribution >= 4 is 0 Å². The van der Waals surface area contributed by atoms with Gasteiger partial charge in [0, 0.05) is 44.4 Å². The number of aryl methyl sites for hydroxylation is 1. The van der Waals surface area contributed by atoms with E-state index in [4.69, 9.17) is 14.0 Å². The minimum absolute atomic E-state index is 0.0546. The van der Waals surface area contributed by atoms with E-state index in [1.165, 1.54) is 0 Å². The monoisotopic (exact) mass is 315 g/mol. The molecule has 2 aromatic heterocycles. The van der Waals surface area contributed by atoms with Crippen molar-refractivity contribution in [2.45, 2.75) is 25.5 Å². The maximum Gasteiger partial charge on any atom is 0.137 e. The minimum Gasteiger partial charge on any atom is -0.492 e. The fraction of sp³-hybridized carbons (Fsp3) is 0.529. The Balaban J connectivity index is 1.32. The van der Waals surface area contributed by atoms with Gasteiger partial charge in [0.2, 0.25) is 0 Å². The topological polar surface area (TPSA) is 60.6 Å². The molecular formula is C17H21N3O3. The van der Waals surface area contributed by atoms with E-state index in [0.717, 1.165) is 49.9 Å². The van der Waals surface area contributed by atoms with E-state index < -0.39 is 0 Å². The van der Waals surface area contributed by atoms with Gasteiger partial charge in [0.1, 0.15) is 11.5 Å². The van der Waals surface area contributed by atoms with Crippen molar-refractivity contribution in [1.82, 2.24) is 15.0 Å². The molecule has 2 fully saturated rings. The van der Waals surface area contributed by atoms with Crippen molar-refractivity contribution < 1.29 is 14.0 Å². The molecule has 0 amide bonds. The number of pyridine rings is 1. The van der Waals surface area contributed by atoms with Crippen molar-refractivity contribution in [1.29, 1.82) is 0 Å². The molecule has 0 unspecified atom stereocenters. The Kier molecular flexibility index (Phi) is 3.79. The van der Waals surface area contributed by atoms with Crippen molar-refractivity contribution in [3.8, 4) is 5.75 Å². The Labute approximate surface area is 135 Å². The van der Waals surface area contributed by atoms with Crippen LogP contribution >= 0.6 is 0 Å². The molecule has 2 saturated heterocycles. The van der Waals surface area contributed by atoms with Gasteiger partial charge in [-0.25, -0.2) is 0 Å². The summed E-state index contributed by atoms with van der Waals surface area (Å²) in [7, 11) is 0. The van der Waals surface area contributed by atoms with Gasteiger partial charge >= 0.3 is 0 Å². The van der Waals surface area contributed by atoms with Gasteiger partial charge in [-0.1, -0.05) is 5.16 Å². The van der Waals surface area contributed by atoms with Crippen LogP contribution in [0.5, 0.6) is 5.75 Å². The van der Waals surface area contributed by atoms with Crippen molar-refractivity contribution in [3.05, 3.63) is 42.0 Å². The lowest BCUT2D eigenvalue weighted by Crippen LogP contribution is -2.64. The molecule has 4 rings (SSSR count). The number of ether oxygens (including phenoxy) is 2. The largest absolute Gasteiger partial charge is 0.492 e. The summed E-state index contributed by atoms with van der Waals surface area (Å²) in [6.07, 6.45) is 4.56. The summed E-state index contributed by atoms with van der Waals surface area (Å²) < 4.78 is 17.1. The summed E-state index contributed by atoms with van der Waals surface area (Å²) in [5, 5.41) is 4.06. The van der Waals surface area contributed by atoms with Crippen LogP contribution < -0.4 is 4.74 Å². The van der Waals surface area contributed by atoms with Crippen LogP contribution in [0.3, 0.4) is 0 Å². The molecule has 2 aromatic rings. The van der Waals surface area contributed by atoms with Crippen LogP contribution in [0.2, 0.25) is 0 Å². The first-order valence-corrected chi connectivity index (χ1v) is 8.05. The lowest BCUT2D eigenvalue weighted by molar-refractivity contribution is -0.141. The molecule has 122 valence electrons. The Bertz CT molecular complexity index is 652. The molecule has 0 saturated carbocycles. The predicted molar refractivity (Wildman–Crippen MR) is 83.0 cm³/mol. The highest BCUT2D eigenvalue weighted by atomic mass is 16.5. The number of nitrogens with zero attached hydrogens (tertiary/aromatic N) is 3. The van der Waals surface area contributed by atoms with Gasteiger partial charge in [-0.15, -0.1) is 0 Å². The number of hydrogen-bond acceptors (Lipinski definition) is 6. The maximum atomic E-state index is 6.07. The molecule has 6 heteroatoms. The third-order valence-electron chi connectivity index (χ3n) is 4.73. The van der Waals surface area contributed by atoms with E-state index >= 15 is 0 Å². The van der Waals surface area contributed by atoms with Crippen LogP contribution in [0.25, 0.3) is 0 Å². The molecule has 2 aliphatic rings. The minimum atomic E-state index is -0.0546. The summed E-state index contributed by atoms with van der Waals surface area (Å²) >= 11 is 0. The fourth-order valence-electron chi connectivity index (χ4n) is 3.54. The number of rotatable bonds is 5. The maximum absolute atomic E-state index is 6.07.